The molecule has 0 bridgehead atoms. The zero-order chi connectivity index (χ0) is 20.5. The van der Waals surface area contributed by atoms with Gasteiger partial charge in [0, 0.05) is 37.7 Å². The SMILES string of the molecule is CS(=O)(=O)N1CCCCC1C(=O)N1CCN(S(=O)(=O)c2ccc(Cl)cc2)CC1. The Hall–Kier alpha value is -1.20. The van der Waals surface area contributed by atoms with Gasteiger partial charge in [-0.05, 0) is 37.1 Å². The number of piperazine rings is 1. The predicted octanol–water partition coefficient (Wildman–Crippen LogP) is 0.987. The van der Waals surface area contributed by atoms with Gasteiger partial charge in [0.05, 0.1) is 11.2 Å². The summed E-state index contributed by atoms with van der Waals surface area (Å²) in [6.45, 7) is 1.16. The second-order valence-electron chi connectivity index (χ2n) is 7.07. The summed E-state index contributed by atoms with van der Waals surface area (Å²) in [4.78, 5) is 14.6. The van der Waals surface area contributed by atoms with Gasteiger partial charge < -0.3 is 4.90 Å². The molecule has 2 aliphatic rings. The Bertz CT molecular complexity index is 926. The molecule has 11 heteroatoms. The highest BCUT2D eigenvalue weighted by Gasteiger charge is 2.38. The minimum Gasteiger partial charge on any atom is -0.339 e. The van der Waals surface area contributed by atoms with Crippen molar-refractivity contribution >= 4 is 37.6 Å². The van der Waals surface area contributed by atoms with E-state index in [0.717, 1.165) is 19.1 Å². The quantitative estimate of drug-likeness (QED) is 0.683. The highest BCUT2D eigenvalue weighted by molar-refractivity contribution is 7.89. The van der Waals surface area contributed by atoms with Crippen molar-refractivity contribution in [2.45, 2.75) is 30.2 Å². The number of halogens is 1. The Kier molecular flexibility index (Phi) is 6.35. The third kappa shape index (κ3) is 4.51. The number of nitrogens with zero attached hydrogens (tertiary/aromatic N) is 3. The first-order chi connectivity index (χ1) is 13.1. The van der Waals surface area contributed by atoms with Gasteiger partial charge in [-0.15, -0.1) is 0 Å². The molecule has 2 fully saturated rings. The van der Waals surface area contributed by atoms with Crippen LogP contribution in [-0.2, 0) is 24.8 Å². The third-order valence-corrected chi connectivity index (χ3v) is 8.62. The van der Waals surface area contributed by atoms with Crippen molar-refractivity contribution in [3.63, 3.8) is 0 Å². The molecule has 156 valence electrons. The fourth-order valence-electron chi connectivity index (χ4n) is 3.66. The lowest BCUT2D eigenvalue weighted by molar-refractivity contribution is -0.137. The van der Waals surface area contributed by atoms with E-state index in [4.69, 9.17) is 11.6 Å². The molecule has 1 atom stereocenters. The van der Waals surface area contributed by atoms with E-state index in [0.29, 0.717) is 18.0 Å². The number of rotatable bonds is 4. The lowest BCUT2D eigenvalue weighted by atomic mass is 10.0. The number of benzene rings is 1. The van der Waals surface area contributed by atoms with E-state index in [2.05, 4.69) is 0 Å². The molecule has 0 radical (unpaired) electrons. The third-order valence-electron chi connectivity index (χ3n) is 5.17. The number of carbonyl (C=O) groups is 1. The monoisotopic (exact) mass is 449 g/mol. The van der Waals surface area contributed by atoms with Crippen molar-refractivity contribution < 1.29 is 21.6 Å². The van der Waals surface area contributed by atoms with Crippen LogP contribution in [0.3, 0.4) is 0 Å². The number of hydrogen-bond acceptors (Lipinski definition) is 5. The first-order valence-corrected chi connectivity index (χ1v) is 12.8. The number of hydrogen-bond donors (Lipinski definition) is 0. The molecule has 2 heterocycles. The van der Waals surface area contributed by atoms with Gasteiger partial charge in [-0.2, -0.15) is 8.61 Å². The summed E-state index contributed by atoms with van der Waals surface area (Å²) in [5.74, 6) is -0.242. The van der Waals surface area contributed by atoms with Crippen LogP contribution in [0.4, 0.5) is 0 Å². The van der Waals surface area contributed by atoms with Crippen LogP contribution in [0, 0.1) is 0 Å². The molecule has 0 N–H and O–H groups in total. The van der Waals surface area contributed by atoms with E-state index >= 15 is 0 Å². The van der Waals surface area contributed by atoms with Crippen LogP contribution < -0.4 is 0 Å². The van der Waals surface area contributed by atoms with Crippen molar-refractivity contribution in [1.29, 1.82) is 0 Å². The van der Waals surface area contributed by atoms with Gasteiger partial charge in [0.2, 0.25) is 26.0 Å². The van der Waals surface area contributed by atoms with Gasteiger partial charge in [0.1, 0.15) is 6.04 Å². The molecule has 1 aromatic rings. The van der Waals surface area contributed by atoms with Gasteiger partial charge in [-0.1, -0.05) is 18.0 Å². The Morgan fingerprint density at radius 3 is 2.14 bits per heavy atom. The molecular weight excluding hydrogens is 426 g/mol. The molecule has 1 aromatic carbocycles. The zero-order valence-electron chi connectivity index (χ0n) is 15.6. The van der Waals surface area contributed by atoms with Crippen LogP contribution in [0.25, 0.3) is 0 Å². The lowest BCUT2D eigenvalue weighted by Crippen LogP contribution is -2.57. The van der Waals surface area contributed by atoms with E-state index in [9.17, 15) is 21.6 Å². The maximum Gasteiger partial charge on any atom is 0.243 e. The maximum atomic E-state index is 12.9. The summed E-state index contributed by atoms with van der Waals surface area (Å²) in [6.07, 6.45) is 3.15. The molecular formula is C17H24ClN3O5S2. The second kappa shape index (κ2) is 8.27. The summed E-state index contributed by atoms with van der Waals surface area (Å²) in [7, 11) is -7.12. The van der Waals surface area contributed by atoms with Crippen molar-refractivity contribution in [3.05, 3.63) is 29.3 Å². The van der Waals surface area contributed by atoms with Gasteiger partial charge in [0.15, 0.2) is 0 Å². The molecule has 0 spiro atoms. The highest BCUT2D eigenvalue weighted by atomic mass is 35.5. The summed E-state index contributed by atoms with van der Waals surface area (Å²) >= 11 is 5.82. The van der Waals surface area contributed by atoms with E-state index in [1.807, 2.05) is 0 Å². The fraction of sp³-hybridized carbons (Fsp3) is 0.588. The van der Waals surface area contributed by atoms with Gasteiger partial charge in [0.25, 0.3) is 0 Å². The van der Waals surface area contributed by atoms with Crippen LogP contribution in [0.2, 0.25) is 5.02 Å². The minimum atomic E-state index is -3.66. The second-order valence-corrected chi connectivity index (χ2v) is 11.4. The van der Waals surface area contributed by atoms with Crippen LogP contribution in [0.1, 0.15) is 19.3 Å². The molecule has 0 saturated carbocycles. The number of carbonyl (C=O) groups excluding carboxylic acids is 1. The Morgan fingerprint density at radius 1 is 0.964 bits per heavy atom. The average molecular weight is 450 g/mol. The van der Waals surface area contributed by atoms with Crippen LogP contribution in [-0.4, -0.2) is 81.3 Å². The average Bonchev–Trinajstić information content (AvgIpc) is 2.67. The molecule has 8 nitrogen and oxygen atoms in total. The van der Waals surface area contributed by atoms with Gasteiger partial charge >= 0.3 is 0 Å². The van der Waals surface area contributed by atoms with E-state index in [1.54, 1.807) is 4.90 Å². The lowest BCUT2D eigenvalue weighted by Gasteiger charge is -2.39. The van der Waals surface area contributed by atoms with Crippen molar-refractivity contribution in [2.24, 2.45) is 0 Å². The van der Waals surface area contributed by atoms with E-state index in [-0.39, 0.29) is 37.0 Å². The molecule has 3 rings (SSSR count). The van der Waals surface area contributed by atoms with Crippen LogP contribution in [0.5, 0.6) is 0 Å². The fourth-order valence-corrected chi connectivity index (χ4v) is 6.33. The minimum absolute atomic E-state index is 0.159. The summed E-state index contributed by atoms with van der Waals surface area (Å²) in [5, 5.41) is 0.456. The van der Waals surface area contributed by atoms with Crippen molar-refractivity contribution in [1.82, 2.24) is 13.5 Å². The molecule has 0 aromatic heterocycles. The first kappa shape index (κ1) is 21.5. The predicted molar refractivity (Wildman–Crippen MR) is 106 cm³/mol. The number of sulfonamides is 2. The van der Waals surface area contributed by atoms with Gasteiger partial charge in [-0.3, -0.25) is 4.79 Å². The van der Waals surface area contributed by atoms with Crippen LogP contribution in [0.15, 0.2) is 29.2 Å². The maximum absolute atomic E-state index is 12.9. The summed E-state index contributed by atoms with van der Waals surface area (Å²) < 4.78 is 52.1. The van der Waals surface area contributed by atoms with Crippen molar-refractivity contribution in [3.8, 4) is 0 Å². The highest BCUT2D eigenvalue weighted by Crippen LogP contribution is 2.24. The molecule has 2 saturated heterocycles. The first-order valence-electron chi connectivity index (χ1n) is 9.12. The van der Waals surface area contributed by atoms with E-state index < -0.39 is 26.1 Å². The Balaban J connectivity index is 1.67. The summed E-state index contributed by atoms with van der Waals surface area (Å²) in [5.41, 5.74) is 0. The van der Waals surface area contributed by atoms with Crippen molar-refractivity contribution in [2.75, 3.05) is 39.0 Å². The van der Waals surface area contributed by atoms with E-state index in [1.165, 1.54) is 32.9 Å². The topological polar surface area (TPSA) is 95.1 Å². The van der Waals surface area contributed by atoms with Gasteiger partial charge in [-0.25, -0.2) is 16.8 Å². The van der Waals surface area contributed by atoms with Crippen LogP contribution >= 0.6 is 11.6 Å². The Labute approximate surface area is 171 Å². The standard InChI is InChI=1S/C17H24ClN3O5S2/c1-27(23,24)21-9-3-2-4-16(21)17(22)19-10-12-20(13-11-19)28(25,26)15-7-5-14(18)6-8-15/h5-8,16H,2-4,9-13H2,1H3. The largest absolute Gasteiger partial charge is 0.339 e. The molecule has 1 unspecified atom stereocenters. The normalized spacial score (nSPS) is 22.9. The molecule has 0 aliphatic carbocycles. The Morgan fingerprint density at radius 2 is 1.57 bits per heavy atom. The molecule has 28 heavy (non-hydrogen) atoms. The molecule has 2 aliphatic heterocycles. The number of piperidine rings is 1. The molecule has 1 amide bonds. The smallest absolute Gasteiger partial charge is 0.243 e. The zero-order valence-corrected chi connectivity index (χ0v) is 18.0. The summed E-state index contributed by atoms with van der Waals surface area (Å²) in [6, 6.07) is 5.28. The number of amides is 1.